The van der Waals surface area contributed by atoms with E-state index in [4.69, 9.17) is 10.5 Å². The van der Waals surface area contributed by atoms with Gasteiger partial charge in [0.2, 0.25) is 5.91 Å². The Balaban J connectivity index is 0.00000288. The van der Waals surface area contributed by atoms with Gasteiger partial charge >= 0.3 is 0 Å². The fourth-order valence-electron chi connectivity index (χ4n) is 3.12. The lowest BCUT2D eigenvalue weighted by Gasteiger charge is -2.21. The topological polar surface area (TPSA) is 75.8 Å². The Morgan fingerprint density at radius 1 is 1.38 bits per heavy atom. The zero-order chi connectivity index (χ0) is 17.0. The zero-order valence-electron chi connectivity index (χ0n) is 14.7. The fraction of sp³-hybridized carbons (Fsp3) is 0.611. The van der Waals surface area contributed by atoms with Crippen LogP contribution in [0.25, 0.3) is 0 Å². The van der Waals surface area contributed by atoms with Crippen molar-refractivity contribution >= 4 is 18.3 Å². The van der Waals surface area contributed by atoms with Crippen LogP contribution in [0.4, 0.5) is 0 Å². The molecule has 1 aliphatic carbocycles. The van der Waals surface area contributed by atoms with Crippen LogP contribution in [0.5, 0.6) is 5.75 Å². The lowest BCUT2D eigenvalue weighted by molar-refractivity contribution is -0.134. The van der Waals surface area contributed by atoms with Crippen molar-refractivity contribution < 1.29 is 14.6 Å². The van der Waals surface area contributed by atoms with Crippen LogP contribution in [0.15, 0.2) is 18.2 Å². The molecular formula is C18H29ClN2O3. The monoisotopic (exact) mass is 356 g/mol. The van der Waals surface area contributed by atoms with Crippen molar-refractivity contribution in [1.29, 1.82) is 0 Å². The second kappa shape index (κ2) is 9.25. The van der Waals surface area contributed by atoms with E-state index in [-0.39, 0.29) is 30.3 Å². The predicted octanol–water partition coefficient (Wildman–Crippen LogP) is 2.05. The number of aliphatic hydroxyl groups is 1. The number of amides is 1. The Morgan fingerprint density at radius 3 is 2.67 bits per heavy atom. The van der Waals surface area contributed by atoms with Gasteiger partial charge in [-0.05, 0) is 44.7 Å². The number of carbonyl (C=O) groups is 1. The summed E-state index contributed by atoms with van der Waals surface area (Å²) in [6, 6.07) is 5.85. The van der Waals surface area contributed by atoms with Gasteiger partial charge in [0.25, 0.3) is 0 Å². The van der Waals surface area contributed by atoms with Gasteiger partial charge in [0.1, 0.15) is 5.75 Å². The van der Waals surface area contributed by atoms with Crippen molar-refractivity contribution in [1.82, 2.24) is 4.90 Å². The van der Waals surface area contributed by atoms with Gasteiger partial charge < -0.3 is 20.5 Å². The summed E-state index contributed by atoms with van der Waals surface area (Å²) >= 11 is 0. The first kappa shape index (κ1) is 20.7. The van der Waals surface area contributed by atoms with Crippen molar-refractivity contribution in [3.8, 4) is 5.75 Å². The lowest BCUT2D eigenvalue weighted by Crippen LogP contribution is -2.34. The molecule has 1 aromatic carbocycles. The molecule has 3 atom stereocenters. The van der Waals surface area contributed by atoms with Crippen molar-refractivity contribution in [2.75, 3.05) is 20.2 Å². The number of hydrogen-bond donors (Lipinski definition) is 2. The number of aliphatic hydroxyl groups excluding tert-OH is 1. The van der Waals surface area contributed by atoms with Crippen molar-refractivity contribution in [2.24, 2.45) is 11.7 Å². The van der Waals surface area contributed by atoms with Crippen LogP contribution in [0.1, 0.15) is 30.4 Å². The summed E-state index contributed by atoms with van der Waals surface area (Å²) in [4.78, 5) is 14.0. The van der Waals surface area contributed by atoms with Crippen LogP contribution in [-0.2, 0) is 4.79 Å². The van der Waals surface area contributed by atoms with Crippen LogP contribution < -0.4 is 10.5 Å². The molecule has 0 aliphatic heterocycles. The Kier molecular flexibility index (Phi) is 8.00. The van der Waals surface area contributed by atoms with E-state index in [1.54, 1.807) is 11.9 Å². The highest BCUT2D eigenvalue weighted by atomic mass is 35.5. The summed E-state index contributed by atoms with van der Waals surface area (Å²) in [7, 11) is 1.80. The van der Waals surface area contributed by atoms with Gasteiger partial charge in [-0.1, -0.05) is 17.7 Å². The highest BCUT2D eigenvalue weighted by Crippen LogP contribution is 2.26. The molecule has 1 aliphatic rings. The van der Waals surface area contributed by atoms with E-state index in [1.807, 2.05) is 19.1 Å². The van der Waals surface area contributed by atoms with Crippen LogP contribution >= 0.6 is 12.4 Å². The third kappa shape index (κ3) is 5.36. The third-order valence-corrected chi connectivity index (χ3v) is 4.53. The fourth-order valence-corrected chi connectivity index (χ4v) is 3.12. The summed E-state index contributed by atoms with van der Waals surface area (Å²) in [6.45, 7) is 5.32. The lowest BCUT2D eigenvalue weighted by atomic mass is 10.1. The van der Waals surface area contributed by atoms with Gasteiger partial charge in [0.05, 0.1) is 12.7 Å². The van der Waals surface area contributed by atoms with E-state index in [0.717, 1.165) is 17.7 Å². The molecule has 0 saturated heterocycles. The minimum atomic E-state index is -0.551. The van der Waals surface area contributed by atoms with E-state index in [1.165, 1.54) is 5.56 Å². The van der Waals surface area contributed by atoms with Gasteiger partial charge in [-0.3, -0.25) is 4.79 Å². The summed E-state index contributed by atoms with van der Waals surface area (Å²) in [5.74, 6) is 0.822. The first-order chi connectivity index (χ1) is 10.9. The van der Waals surface area contributed by atoms with Gasteiger partial charge in [0, 0.05) is 25.6 Å². The molecule has 1 aromatic rings. The van der Waals surface area contributed by atoms with Crippen molar-refractivity contribution in [3.05, 3.63) is 29.3 Å². The molecule has 0 bridgehead atoms. The van der Waals surface area contributed by atoms with E-state index >= 15 is 0 Å². The summed E-state index contributed by atoms with van der Waals surface area (Å²) in [5.41, 5.74) is 8.12. The Labute approximate surface area is 150 Å². The average Bonchev–Trinajstić information content (AvgIpc) is 2.84. The van der Waals surface area contributed by atoms with E-state index in [0.29, 0.717) is 26.0 Å². The predicted molar refractivity (Wildman–Crippen MR) is 97.6 cm³/mol. The van der Waals surface area contributed by atoms with Gasteiger partial charge in [0.15, 0.2) is 0 Å². The van der Waals surface area contributed by atoms with Gasteiger partial charge in [-0.25, -0.2) is 0 Å². The highest BCUT2D eigenvalue weighted by Gasteiger charge is 2.35. The number of nitrogens with zero attached hydrogens (tertiary/aromatic N) is 1. The molecule has 6 heteroatoms. The van der Waals surface area contributed by atoms with Crippen molar-refractivity contribution in [3.63, 3.8) is 0 Å². The normalized spacial score (nSPS) is 22.8. The van der Waals surface area contributed by atoms with Crippen LogP contribution in [0, 0.1) is 19.8 Å². The van der Waals surface area contributed by atoms with Crippen molar-refractivity contribution in [2.45, 2.75) is 45.3 Å². The van der Waals surface area contributed by atoms with E-state index < -0.39 is 6.10 Å². The molecular weight excluding hydrogens is 328 g/mol. The molecule has 5 nitrogen and oxygen atoms in total. The maximum absolute atomic E-state index is 12.3. The summed E-state index contributed by atoms with van der Waals surface area (Å²) in [6.07, 6.45) is 1.27. The molecule has 0 radical (unpaired) electrons. The SMILES string of the molecule is Cc1ccc(OCCCN(C)C(=O)[C@H]2C[C@@H](N)[C@H](O)C2)c(C)c1.Cl. The molecule has 0 spiro atoms. The quantitative estimate of drug-likeness (QED) is 0.765. The first-order valence-corrected chi connectivity index (χ1v) is 8.27. The van der Waals surface area contributed by atoms with Crippen LogP contribution in [-0.4, -0.2) is 48.3 Å². The number of benzene rings is 1. The molecule has 1 saturated carbocycles. The number of hydrogen-bond acceptors (Lipinski definition) is 4. The standard InChI is InChI=1S/C18H28N2O3.ClH/c1-12-5-6-17(13(2)9-12)23-8-4-7-20(3)18(22)14-10-15(19)16(21)11-14;/h5-6,9,14-16,21H,4,7-8,10-11,19H2,1-3H3;1H/t14-,15+,16+;/m0./s1. The second-order valence-corrected chi connectivity index (χ2v) is 6.63. The minimum absolute atomic E-state index is 0. The maximum Gasteiger partial charge on any atom is 0.225 e. The minimum Gasteiger partial charge on any atom is -0.493 e. The van der Waals surface area contributed by atoms with E-state index in [2.05, 4.69) is 13.0 Å². The number of rotatable bonds is 6. The van der Waals surface area contributed by atoms with Gasteiger partial charge in [-0.2, -0.15) is 0 Å². The number of halogens is 1. The number of nitrogens with two attached hydrogens (primary N) is 1. The number of aryl methyl sites for hydroxylation is 2. The second-order valence-electron chi connectivity index (χ2n) is 6.63. The molecule has 0 heterocycles. The number of carbonyl (C=O) groups excluding carboxylic acids is 1. The average molecular weight is 357 g/mol. The summed E-state index contributed by atoms with van der Waals surface area (Å²) in [5, 5.41) is 9.67. The Morgan fingerprint density at radius 2 is 2.08 bits per heavy atom. The van der Waals surface area contributed by atoms with E-state index in [9.17, 15) is 9.90 Å². The third-order valence-electron chi connectivity index (χ3n) is 4.53. The molecule has 1 fully saturated rings. The highest BCUT2D eigenvalue weighted by molar-refractivity contribution is 5.85. The Bertz CT molecular complexity index is 543. The van der Waals surface area contributed by atoms with Gasteiger partial charge in [-0.15, -0.1) is 12.4 Å². The summed E-state index contributed by atoms with van der Waals surface area (Å²) < 4.78 is 5.78. The maximum atomic E-state index is 12.3. The first-order valence-electron chi connectivity index (χ1n) is 8.27. The molecule has 24 heavy (non-hydrogen) atoms. The molecule has 0 aromatic heterocycles. The largest absolute Gasteiger partial charge is 0.493 e. The van der Waals surface area contributed by atoms with Crippen LogP contribution in [0.3, 0.4) is 0 Å². The smallest absolute Gasteiger partial charge is 0.225 e. The molecule has 136 valence electrons. The molecule has 2 rings (SSSR count). The molecule has 0 unspecified atom stereocenters. The van der Waals surface area contributed by atoms with Crippen LogP contribution in [0.2, 0.25) is 0 Å². The Hall–Kier alpha value is -1.30. The number of ether oxygens (including phenoxy) is 1. The molecule has 1 amide bonds. The molecule has 3 N–H and O–H groups in total. The zero-order valence-corrected chi connectivity index (χ0v) is 15.5.